The molecule has 0 aliphatic rings. The molecule has 1 unspecified atom stereocenters. The van der Waals surface area contributed by atoms with Crippen LogP contribution in [-0.4, -0.2) is 0 Å². The zero-order valence-electron chi connectivity index (χ0n) is 11.0. The maximum Gasteiger partial charge on any atom is 0.0669 e. The summed E-state index contributed by atoms with van der Waals surface area (Å²) < 4.78 is 0.972. The van der Waals surface area contributed by atoms with Gasteiger partial charge in [-0.05, 0) is 42.3 Å². The van der Waals surface area contributed by atoms with Crippen molar-refractivity contribution in [2.75, 3.05) is 5.32 Å². The van der Waals surface area contributed by atoms with Gasteiger partial charge >= 0.3 is 0 Å². The quantitative estimate of drug-likeness (QED) is 0.808. The molecule has 0 aliphatic heterocycles. The van der Waals surface area contributed by atoms with Gasteiger partial charge in [-0.1, -0.05) is 45.7 Å². The molecule has 1 N–H and O–H groups in total. The molecule has 0 amide bonds. The minimum absolute atomic E-state index is 0.109. The maximum atomic E-state index is 8.65. The summed E-state index contributed by atoms with van der Waals surface area (Å²) in [6.07, 6.45) is 0.439. The highest BCUT2D eigenvalue weighted by Crippen LogP contribution is 2.28. The smallest absolute Gasteiger partial charge is 0.0669 e. The van der Waals surface area contributed by atoms with E-state index in [2.05, 4.69) is 34.2 Å². The average molecular weight is 350 g/mol. The fourth-order valence-corrected chi connectivity index (χ4v) is 2.83. The fraction of sp³-hybridized carbons (Fsp3) is 0.188. The van der Waals surface area contributed by atoms with E-state index in [1.165, 1.54) is 0 Å². The first-order valence-corrected chi connectivity index (χ1v) is 7.44. The molecule has 2 aromatic rings. The van der Waals surface area contributed by atoms with Crippen LogP contribution in [-0.2, 0) is 6.42 Å². The molecule has 0 heterocycles. The highest BCUT2D eigenvalue weighted by molar-refractivity contribution is 9.10. The van der Waals surface area contributed by atoms with Gasteiger partial charge in [-0.3, -0.25) is 0 Å². The standard InChI is InChI=1S/C16H14BrClN2/c1-11(15-7-4-13(17)10-16(15)18)20-14-5-2-12(3-6-14)8-9-19/h2-7,10-11,20H,8H2,1H3. The number of nitrogens with zero attached hydrogens (tertiary/aromatic N) is 1. The zero-order valence-corrected chi connectivity index (χ0v) is 13.4. The van der Waals surface area contributed by atoms with Crippen LogP contribution in [0.25, 0.3) is 0 Å². The third-order valence-corrected chi connectivity index (χ3v) is 3.87. The Balaban J connectivity index is 2.11. The van der Waals surface area contributed by atoms with Crippen LogP contribution in [0.5, 0.6) is 0 Å². The second-order valence-electron chi connectivity index (χ2n) is 4.56. The molecule has 2 nitrogen and oxygen atoms in total. The molecular formula is C16H14BrClN2. The monoisotopic (exact) mass is 348 g/mol. The Labute approximate surface area is 132 Å². The summed E-state index contributed by atoms with van der Waals surface area (Å²) in [5.74, 6) is 0. The number of rotatable bonds is 4. The predicted molar refractivity (Wildman–Crippen MR) is 86.9 cm³/mol. The van der Waals surface area contributed by atoms with Gasteiger partial charge in [-0.2, -0.15) is 5.26 Å². The lowest BCUT2D eigenvalue weighted by Gasteiger charge is -2.17. The first-order chi connectivity index (χ1) is 9.60. The van der Waals surface area contributed by atoms with E-state index in [4.69, 9.17) is 16.9 Å². The van der Waals surface area contributed by atoms with Crippen molar-refractivity contribution < 1.29 is 0 Å². The van der Waals surface area contributed by atoms with Crippen LogP contribution < -0.4 is 5.32 Å². The molecule has 1 atom stereocenters. The SMILES string of the molecule is CC(Nc1ccc(CC#N)cc1)c1ccc(Br)cc1Cl. The van der Waals surface area contributed by atoms with Crippen LogP contribution in [0.2, 0.25) is 5.02 Å². The normalized spacial score (nSPS) is 11.7. The summed E-state index contributed by atoms with van der Waals surface area (Å²) in [6.45, 7) is 2.07. The van der Waals surface area contributed by atoms with Crippen LogP contribution in [0.4, 0.5) is 5.69 Å². The Hall–Kier alpha value is -1.50. The van der Waals surface area contributed by atoms with Crippen molar-refractivity contribution in [3.05, 3.63) is 63.1 Å². The number of nitrogens with one attached hydrogen (secondary N) is 1. The minimum atomic E-state index is 0.109. The highest BCUT2D eigenvalue weighted by Gasteiger charge is 2.09. The molecule has 0 saturated carbocycles. The van der Waals surface area contributed by atoms with E-state index in [9.17, 15) is 0 Å². The van der Waals surface area contributed by atoms with E-state index in [1.807, 2.05) is 42.5 Å². The number of halogens is 2. The van der Waals surface area contributed by atoms with E-state index in [-0.39, 0.29) is 6.04 Å². The van der Waals surface area contributed by atoms with E-state index >= 15 is 0 Å². The molecule has 20 heavy (non-hydrogen) atoms. The second kappa shape index (κ2) is 6.78. The number of hydrogen-bond donors (Lipinski definition) is 1. The number of benzene rings is 2. The molecular weight excluding hydrogens is 336 g/mol. The number of nitriles is 1. The van der Waals surface area contributed by atoms with Gasteiger partial charge in [0.05, 0.1) is 12.5 Å². The van der Waals surface area contributed by atoms with Crippen molar-refractivity contribution in [1.29, 1.82) is 5.26 Å². The lowest BCUT2D eigenvalue weighted by molar-refractivity contribution is 0.884. The predicted octanol–water partition coefficient (Wildman–Crippen LogP) is 5.34. The van der Waals surface area contributed by atoms with Crippen LogP contribution in [0.1, 0.15) is 24.1 Å². The van der Waals surface area contributed by atoms with Gasteiger partial charge in [-0.15, -0.1) is 0 Å². The van der Waals surface area contributed by atoms with Crippen molar-refractivity contribution in [3.8, 4) is 6.07 Å². The number of hydrogen-bond acceptors (Lipinski definition) is 2. The first-order valence-electron chi connectivity index (χ1n) is 6.27. The van der Waals surface area contributed by atoms with Crippen molar-refractivity contribution in [2.24, 2.45) is 0 Å². The summed E-state index contributed by atoms with van der Waals surface area (Å²) in [7, 11) is 0. The molecule has 0 radical (unpaired) electrons. The molecule has 0 spiro atoms. The molecule has 2 aromatic carbocycles. The molecule has 2 rings (SSSR count). The van der Waals surface area contributed by atoms with Gasteiger partial charge < -0.3 is 5.32 Å². The van der Waals surface area contributed by atoms with Gasteiger partial charge in [0.15, 0.2) is 0 Å². The van der Waals surface area contributed by atoms with E-state index in [1.54, 1.807) is 0 Å². The summed E-state index contributed by atoms with van der Waals surface area (Å²) >= 11 is 9.65. The Bertz CT molecular complexity index is 632. The Kier molecular flexibility index (Phi) is 5.05. The van der Waals surface area contributed by atoms with E-state index in [0.29, 0.717) is 6.42 Å². The molecule has 102 valence electrons. The van der Waals surface area contributed by atoms with Crippen molar-refractivity contribution >= 4 is 33.2 Å². The summed E-state index contributed by atoms with van der Waals surface area (Å²) in [5.41, 5.74) is 3.08. The third-order valence-electron chi connectivity index (χ3n) is 3.05. The Morgan fingerprint density at radius 3 is 2.55 bits per heavy atom. The zero-order chi connectivity index (χ0) is 14.5. The molecule has 0 bridgehead atoms. The van der Waals surface area contributed by atoms with E-state index in [0.717, 1.165) is 26.3 Å². The average Bonchev–Trinajstić information content (AvgIpc) is 2.41. The van der Waals surface area contributed by atoms with Crippen molar-refractivity contribution in [3.63, 3.8) is 0 Å². The van der Waals surface area contributed by atoms with Gasteiger partial charge in [-0.25, -0.2) is 0 Å². The Morgan fingerprint density at radius 1 is 1.25 bits per heavy atom. The molecule has 0 aliphatic carbocycles. The number of anilines is 1. The topological polar surface area (TPSA) is 35.8 Å². The molecule has 4 heteroatoms. The molecule has 0 aromatic heterocycles. The summed E-state index contributed by atoms with van der Waals surface area (Å²) in [4.78, 5) is 0. The van der Waals surface area contributed by atoms with Gasteiger partial charge in [0, 0.05) is 21.2 Å². The minimum Gasteiger partial charge on any atom is -0.378 e. The molecule has 0 fully saturated rings. The van der Waals surface area contributed by atoms with Crippen molar-refractivity contribution in [1.82, 2.24) is 0 Å². The third kappa shape index (κ3) is 3.75. The van der Waals surface area contributed by atoms with Crippen LogP contribution in [0.3, 0.4) is 0 Å². The fourth-order valence-electron chi connectivity index (χ4n) is 1.99. The lowest BCUT2D eigenvalue weighted by Crippen LogP contribution is -2.07. The van der Waals surface area contributed by atoms with Crippen molar-refractivity contribution in [2.45, 2.75) is 19.4 Å². The Morgan fingerprint density at radius 2 is 1.95 bits per heavy atom. The van der Waals surface area contributed by atoms with Crippen LogP contribution in [0.15, 0.2) is 46.9 Å². The first kappa shape index (κ1) is 14.9. The highest BCUT2D eigenvalue weighted by atomic mass is 79.9. The largest absolute Gasteiger partial charge is 0.378 e. The van der Waals surface area contributed by atoms with Crippen LogP contribution in [0, 0.1) is 11.3 Å². The van der Waals surface area contributed by atoms with Crippen LogP contribution >= 0.6 is 27.5 Å². The second-order valence-corrected chi connectivity index (χ2v) is 5.89. The summed E-state index contributed by atoms with van der Waals surface area (Å²) in [6, 6.07) is 16.0. The molecule has 0 saturated heterocycles. The van der Waals surface area contributed by atoms with Gasteiger partial charge in [0.1, 0.15) is 0 Å². The lowest BCUT2D eigenvalue weighted by atomic mass is 10.1. The van der Waals surface area contributed by atoms with Gasteiger partial charge in [0.25, 0.3) is 0 Å². The summed E-state index contributed by atoms with van der Waals surface area (Å²) in [5, 5.41) is 12.8. The van der Waals surface area contributed by atoms with E-state index < -0.39 is 0 Å². The van der Waals surface area contributed by atoms with Gasteiger partial charge in [0.2, 0.25) is 0 Å². The maximum absolute atomic E-state index is 8.65.